The van der Waals surface area contributed by atoms with E-state index in [4.69, 9.17) is 11.6 Å². The van der Waals surface area contributed by atoms with E-state index >= 15 is 0 Å². The summed E-state index contributed by atoms with van der Waals surface area (Å²) in [6.07, 6.45) is 3.39. The van der Waals surface area contributed by atoms with Crippen molar-refractivity contribution in [2.24, 2.45) is 0 Å². The highest BCUT2D eigenvalue weighted by Crippen LogP contribution is 2.23. The number of rotatable bonds is 6. The van der Waals surface area contributed by atoms with E-state index in [1.807, 2.05) is 18.2 Å². The number of carbonyl (C=O) groups is 1. The molecule has 0 saturated heterocycles. The van der Waals surface area contributed by atoms with Crippen molar-refractivity contribution < 1.29 is 13.6 Å². The fraction of sp³-hybridized carbons (Fsp3) is 0.100. The molecule has 0 aliphatic rings. The van der Waals surface area contributed by atoms with Crippen molar-refractivity contribution in [3.63, 3.8) is 0 Å². The number of anilines is 2. The minimum atomic E-state index is -0.730. The van der Waals surface area contributed by atoms with Gasteiger partial charge >= 0.3 is 0 Å². The summed E-state index contributed by atoms with van der Waals surface area (Å²) in [6.45, 7) is 0.415. The topological polar surface area (TPSA) is 54.0 Å². The molecule has 138 valence electrons. The zero-order valence-corrected chi connectivity index (χ0v) is 14.9. The molecule has 3 aromatic rings. The van der Waals surface area contributed by atoms with Crippen molar-refractivity contribution >= 4 is 28.9 Å². The summed E-state index contributed by atoms with van der Waals surface area (Å²) in [5.41, 5.74) is 1.30. The Bertz CT molecular complexity index is 945. The Kier molecular flexibility index (Phi) is 5.98. The Balaban J connectivity index is 1.63. The maximum absolute atomic E-state index is 13.7. The summed E-state index contributed by atoms with van der Waals surface area (Å²) in [6, 6.07) is 12.4. The van der Waals surface area contributed by atoms with E-state index in [1.54, 1.807) is 6.07 Å². The van der Waals surface area contributed by atoms with Gasteiger partial charge in [-0.3, -0.25) is 9.78 Å². The first-order valence-corrected chi connectivity index (χ1v) is 8.59. The molecule has 1 aromatic heterocycles. The van der Waals surface area contributed by atoms with Crippen molar-refractivity contribution in [3.8, 4) is 0 Å². The first-order valence-electron chi connectivity index (χ1n) is 8.21. The third-order valence-electron chi connectivity index (χ3n) is 3.82. The van der Waals surface area contributed by atoms with Gasteiger partial charge in [0, 0.05) is 17.8 Å². The van der Waals surface area contributed by atoms with Crippen LogP contribution in [0, 0.1) is 11.6 Å². The second kappa shape index (κ2) is 8.60. The largest absolute Gasteiger partial charge is 0.352 e. The summed E-state index contributed by atoms with van der Waals surface area (Å²) < 4.78 is 27.5. The number of aromatic nitrogens is 1. The highest BCUT2D eigenvalue weighted by molar-refractivity contribution is 6.30. The van der Waals surface area contributed by atoms with Gasteiger partial charge in [0.1, 0.15) is 17.3 Å². The van der Waals surface area contributed by atoms with Crippen LogP contribution in [0.3, 0.4) is 0 Å². The summed E-state index contributed by atoms with van der Waals surface area (Å²) >= 11 is 5.93. The summed E-state index contributed by atoms with van der Waals surface area (Å²) in [5, 5.41) is 6.04. The second-order valence-corrected chi connectivity index (χ2v) is 6.26. The quantitative estimate of drug-likeness (QED) is 0.643. The molecule has 2 aromatic carbocycles. The number of amides is 1. The van der Waals surface area contributed by atoms with Crippen LogP contribution in [0.4, 0.5) is 20.2 Å². The van der Waals surface area contributed by atoms with Crippen molar-refractivity contribution in [3.05, 3.63) is 88.7 Å². The highest BCUT2D eigenvalue weighted by atomic mass is 35.5. The van der Waals surface area contributed by atoms with Crippen molar-refractivity contribution in [2.45, 2.75) is 6.42 Å². The van der Waals surface area contributed by atoms with Gasteiger partial charge < -0.3 is 10.6 Å². The van der Waals surface area contributed by atoms with Crippen LogP contribution in [0.25, 0.3) is 0 Å². The first kappa shape index (κ1) is 18.8. The fourth-order valence-electron chi connectivity index (χ4n) is 2.51. The lowest BCUT2D eigenvalue weighted by Crippen LogP contribution is -2.25. The van der Waals surface area contributed by atoms with Crippen LogP contribution in [-0.4, -0.2) is 17.4 Å². The molecule has 2 N–H and O–H groups in total. The van der Waals surface area contributed by atoms with E-state index < -0.39 is 11.6 Å². The van der Waals surface area contributed by atoms with Gasteiger partial charge in [-0.15, -0.1) is 0 Å². The van der Waals surface area contributed by atoms with Crippen LogP contribution < -0.4 is 10.6 Å². The number of nitrogens with one attached hydrogen (secondary N) is 2. The van der Waals surface area contributed by atoms with Crippen LogP contribution >= 0.6 is 11.6 Å². The molecule has 1 amide bonds. The molecular formula is C20H16ClF2N3O. The number of nitrogens with zero attached hydrogens (tertiary/aromatic N) is 1. The molecule has 0 aliphatic carbocycles. The summed E-state index contributed by atoms with van der Waals surface area (Å²) in [4.78, 5) is 16.2. The number of hydrogen-bond donors (Lipinski definition) is 2. The van der Waals surface area contributed by atoms with Crippen LogP contribution in [0.5, 0.6) is 0 Å². The number of carbonyl (C=O) groups excluding carboxylic acids is 1. The Morgan fingerprint density at radius 1 is 1.04 bits per heavy atom. The lowest BCUT2D eigenvalue weighted by atomic mass is 10.1. The number of para-hydroxylation sites is 1. The standard InChI is InChI=1S/C20H16ClF2N3O/c21-15-4-1-3-13(9-15)7-8-25-20(27)14-10-16(12-24-11-14)26-19-17(22)5-2-6-18(19)23/h1-6,9-12,26H,7-8H2,(H,25,27). The lowest BCUT2D eigenvalue weighted by Gasteiger charge is -2.10. The molecule has 0 saturated carbocycles. The molecule has 0 fully saturated rings. The second-order valence-electron chi connectivity index (χ2n) is 5.82. The van der Waals surface area contributed by atoms with Crippen molar-refractivity contribution in [1.29, 1.82) is 0 Å². The monoisotopic (exact) mass is 387 g/mol. The molecular weight excluding hydrogens is 372 g/mol. The molecule has 0 atom stereocenters. The number of halogens is 3. The zero-order valence-electron chi connectivity index (χ0n) is 14.2. The highest BCUT2D eigenvalue weighted by Gasteiger charge is 2.11. The minimum Gasteiger partial charge on any atom is -0.352 e. The molecule has 0 aliphatic heterocycles. The van der Waals surface area contributed by atoms with Crippen LogP contribution in [0.2, 0.25) is 5.02 Å². The number of pyridine rings is 1. The first-order chi connectivity index (χ1) is 13.0. The van der Waals surface area contributed by atoms with E-state index in [-0.39, 0.29) is 17.2 Å². The predicted molar refractivity (Wildman–Crippen MR) is 101 cm³/mol. The third-order valence-corrected chi connectivity index (χ3v) is 4.06. The average Bonchev–Trinajstić information content (AvgIpc) is 2.65. The number of benzene rings is 2. The third kappa shape index (κ3) is 5.01. The van der Waals surface area contributed by atoms with Gasteiger partial charge in [-0.05, 0) is 42.3 Å². The normalized spacial score (nSPS) is 10.5. The zero-order chi connectivity index (χ0) is 19.2. The van der Waals surface area contributed by atoms with Gasteiger partial charge in [0.15, 0.2) is 0 Å². The minimum absolute atomic E-state index is 0.280. The lowest BCUT2D eigenvalue weighted by molar-refractivity contribution is 0.0954. The SMILES string of the molecule is O=C(NCCc1cccc(Cl)c1)c1cncc(Nc2c(F)cccc2F)c1. The van der Waals surface area contributed by atoms with Gasteiger partial charge in [-0.25, -0.2) is 8.78 Å². The average molecular weight is 388 g/mol. The van der Waals surface area contributed by atoms with E-state index in [9.17, 15) is 13.6 Å². The predicted octanol–water partition coefficient (Wildman–Crippen LogP) is 4.73. The van der Waals surface area contributed by atoms with Gasteiger partial charge in [0.2, 0.25) is 0 Å². The van der Waals surface area contributed by atoms with E-state index in [1.165, 1.54) is 24.5 Å². The molecule has 0 spiro atoms. The van der Waals surface area contributed by atoms with Gasteiger partial charge in [0.05, 0.1) is 17.4 Å². The molecule has 1 heterocycles. The van der Waals surface area contributed by atoms with E-state index in [0.29, 0.717) is 23.7 Å². The maximum Gasteiger partial charge on any atom is 0.252 e. The molecule has 0 bridgehead atoms. The molecule has 7 heteroatoms. The summed E-state index contributed by atoms with van der Waals surface area (Å²) in [7, 11) is 0. The van der Waals surface area contributed by atoms with Crippen molar-refractivity contribution in [2.75, 3.05) is 11.9 Å². The molecule has 3 rings (SSSR count). The Labute approximate surface area is 160 Å². The smallest absolute Gasteiger partial charge is 0.252 e. The van der Waals surface area contributed by atoms with Gasteiger partial charge in [-0.2, -0.15) is 0 Å². The molecule has 27 heavy (non-hydrogen) atoms. The molecule has 0 unspecified atom stereocenters. The summed E-state index contributed by atoms with van der Waals surface area (Å²) in [5.74, 6) is -1.79. The molecule has 0 radical (unpaired) electrons. The Morgan fingerprint density at radius 2 is 1.78 bits per heavy atom. The Hall–Kier alpha value is -2.99. The van der Waals surface area contributed by atoms with Gasteiger partial charge in [-0.1, -0.05) is 29.8 Å². The van der Waals surface area contributed by atoms with Crippen LogP contribution in [0.15, 0.2) is 60.9 Å². The van der Waals surface area contributed by atoms with E-state index in [2.05, 4.69) is 15.6 Å². The fourth-order valence-corrected chi connectivity index (χ4v) is 2.72. The number of hydrogen-bond acceptors (Lipinski definition) is 3. The van der Waals surface area contributed by atoms with Crippen LogP contribution in [-0.2, 0) is 6.42 Å². The maximum atomic E-state index is 13.7. The van der Waals surface area contributed by atoms with Crippen LogP contribution in [0.1, 0.15) is 15.9 Å². The Morgan fingerprint density at radius 3 is 2.52 bits per heavy atom. The molecule has 4 nitrogen and oxygen atoms in total. The van der Waals surface area contributed by atoms with Gasteiger partial charge in [0.25, 0.3) is 5.91 Å². The van der Waals surface area contributed by atoms with E-state index in [0.717, 1.165) is 17.7 Å². The van der Waals surface area contributed by atoms with Crippen molar-refractivity contribution in [1.82, 2.24) is 10.3 Å².